The number of nitrogens with one attached hydrogen (secondary N) is 5. The molecule has 26 heteroatoms. The summed E-state index contributed by atoms with van der Waals surface area (Å²) in [4.78, 5) is 0. The van der Waals surface area contributed by atoms with Crippen LogP contribution in [0.2, 0.25) is 5.02 Å². The zero-order valence-electron chi connectivity index (χ0n) is 74.1. The average Bonchev–Trinajstić information content (AvgIpc) is 1.63. The molecule has 10 unspecified atom stereocenters. The fraction of sp³-hybridized carbons (Fsp3) is 0.563. The van der Waals surface area contributed by atoms with Crippen molar-refractivity contribution >= 4 is 11.6 Å². The van der Waals surface area contributed by atoms with Gasteiger partial charge in [-0.3, -0.25) is 0 Å². The molecule has 684 valence electrons. The molecule has 5 N–H and O–H groups in total. The number of ether oxygens (including phenoxy) is 5. The Balaban J connectivity index is 0.0000000978. The summed E-state index contributed by atoms with van der Waals surface area (Å²) in [6.07, 6.45) is 35.9. The predicted molar refractivity (Wildman–Crippen MR) is 477 cm³/mol. The number of benzene rings is 5. The minimum Gasteiger partial charge on any atom is -0.373 e. The van der Waals surface area contributed by atoms with E-state index in [1.807, 2.05) is 19.1 Å². The summed E-state index contributed by atoms with van der Waals surface area (Å²) in [5.74, 6) is 4.17. The number of aryl methyl sites for hydroxylation is 3. The fourth-order valence-electron chi connectivity index (χ4n) is 22.5. The van der Waals surface area contributed by atoms with E-state index in [-0.39, 0.29) is 35.8 Å². The Morgan fingerprint density at radius 1 is 0.287 bits per heavy atom. The summed E-state index contributed by atoms with van der Waals surface area (Å²) in [5, 5.41) is 40.0. The standard InChI is InChI=1S/C22H28N2O2.C21H25FN2O2.C20H22ClFN2O2.C20H22F2N2O2.C20H23FN2O2/c1-13-4-3-5-14(2)20(13)21-19(22(26-24-21)15-6-7-15)12-25-18-10-16-8-9-17(11-18)23-16;1-12-3-2-4-18(22)19(12)20-17(21(26-24-20)13-5-6-13)11-25-16-9-14-7-8-15(10-16)23-14;21-16-2-1-3-17(22)18(16)19-15(20(26-24-19)11-4-5-11)10-25-14-8-12-6-7-13(9-14)23-12;21-17-6-3-12(7-18(17)22)19-16(20(26-24-19)11-1-2-11)10-25-15-8-13-4-5-14(9-15)23-13;21-14-3-1-2-13(8-14)19-18(20(25-23-19)12-4-5-12)11-24-17-9-15-6-7-16(10-17)22-15/h3-5,15-18,23H,6-12H2,1-2H3;2-4,13-16,23H,5-11H2,1H3;1-3,11-14,23H,4-10H2;3,6-7,11,13-15,23H,1-2,4-5,8-10H2;1-3,8,12,15-17,22H,4-7,9-11H2/t16-,17?,18?;14-,15?,16?;12-,13?,14?;13-,14?,15?;15-,16?,17?/m00000/s1. The number of fused-ring (bicyclic) bond motifs is 10. The van der Waals surface area contributed by atoms with Crippen LogP contribution in [0.3, 0.4) is 0 Å². The van der Waals surface area contributed by atoms with Gasteiger partial charge >= 0.3 is 0 Å². The van der Waals surface area contributed by atoms with Crippen LogP contribution in [0, 0.1) is 49.9 Å². The lowest BCUT2D eigenvalue weighted by Gasteiger charge is -2.29. The predicted octanol–water partition coefficient (Wildman–Crippen LogP) is 22.4. The quantitative estimate of drug-likeness (QED) is 0.0334. The number of nitrogens with zero attached hydrogens (tertiary/aromatic N) is 5. The van der Waals surface area contributed by atoms with Gasteiger partial charge in [0.15, 0.2) is 11.6 Å². The first kappa shape index (κ1) is 87.3. The molecule has 15 atom stereocenters. The summed E-state index contributed by atoms with van der Waals surface area (Å²) in [5.41, 5.74) is 15.1. The van der Waals surface area contributed by atoms with Crippen LogP contribution in [0.5, 0.6) is 0 Å². The second-order valence-electron chi connectivity index (χ2n) is 39.9. The van der Waals surface area contributed by atoms with Crippen LogP contribution >= 0.6 is 11.6 Å². The highest BCUT2D eigenvalue weighted by molar-refractivity contribution is 6.33. The lowest BCUT2D eigenvalue weighted by molar-refractivity contribution is 0.00857. The van der Waals surface area contributed by atoms with Gasteiger partial charge in [-0.1, -0.05) is 85.9 Å². The van der Waals surface area contributed by atoms with Gasteiger partial charge in [0, 0.05) is 140 Å². The van der Waals surface area contributed by atoms with Gasteiger partial charge in [-0.15, -0.1) is 0 Å². The summed E-state index contributed by atoms with van der Waals surface area (Å²) < 4.78 is 129. The number of piperidine rings is 5. The van der Waals surface area contributed by atoms with Crippen molar-refractivity contribution in [1.82, 2.24) is 52.4 Å². The molecule has 10 aliphatic heterocycles. The minimum absolute atomic E-state index is 0.230. The first-order valence-corrected chi connectivity index (χ1v) is 48.7. The highest BCUT2D eigenvalue weighted by atomic mass is 35.5. The third-order valence-corrected chi connectivity index (χ3v) is 30.3. The Morgan fingerprint density at radius 2 is 0.558 bits per heavy atom. The molecule has 0 spiro atoms. The first-order valence-electron chi connectivity index (χ1n) is 48.3. The lowest BCUT2D eigenvalue weighted by Crippen LogP contribution is -2.41. The third kappa shape index (κ3) is 20.2. The molecule has 15 aliphatic rings. The minimum atomic E-state index is -0.875. The zero-order chi connectivity index (χ0) is 87.5. The van der Waals surface area contributed by atoms with Crippen LogP contribution in [0.25, 0.3) is 56.3 Å². The maximum atomic E-state index is 14.5. The summed E-state index contributed by atoms with van der Waals surface area (Å²) in [7, 11) is 0. The van der Waals surface area contributed by atoms with Crippen molar-refractivity contribution in [3.8, 4) is 56.3 Å². The van der Waals surface area contributed by atoms with E-state index in [1.165, 1.54) is 130 Å². The number of hydrogen-bond donors (Lipinski definition) is 5. The lowest BCUT2D eigenvalue weighted by atomic mass is 9.96. The molecule has 25 rings (SSSR count). The number of hydrogen-bond acceptors (Lipinski definition) is 20. The van der Waals surface area contributed by atoms with Gasteiger partial charge in [-0.25, -0.2) is 22.0 Å². The Bertz CT molecular complexity index is 5150. The molecular weight excluding hydrogens is 1670 g/mol. The zero-order valence-corrected chi connectivity index (χ0v) is 74.9. The van der Waals surface area contributed by atoms with E-state index in [1.54, 1.807) is 30.3 Å². The molecule has 0 radical (unpaired) electrons. The normalized spacial score (nSPS) is 28.0. The van der Waals surface area contributed by atoms with Crippen LogP contribution in [0.4, 0.5) is 22.0 Å². The van der Waals surface area contributed by atoms with Crippen molar-refractivity contribution in [1.29, 1.82) is 0 Å². The van der Waals surface area contributed by atoms with E-state index < -0.39 is 11.6 Å². The van der Waals surface area contributed by atoms with Crippen molar-refractivity contribution in [3.05, 3.63) is 204 Å². The summed E-state index contributed by atoms with van der Waals surface area (Å²) in [6.45, 7) is 8.63. The molecule has 15 fully saturated rings. The van der Waals surface area contributed by atoms with E-state index in [9.17, 15) is 22.0 Å². The van der Waals surface area contributed by atoms with E-state index in [0.29, 0.717) is 174 Å². The maximum absolute atomic E-state index is 14.5. The smallest absolute Gasteiger partial charge is 0.159 e. The van der Waals surface area contributed by atoms with Crippen LogP contribution in [0.15, 0.2) is 120 Å². The molecule has 5 aromatic carbocycles. The van der Waals surface area contributed by atoms with Gasteiger partial charge < -0.3 is 72.9 Å². The molecule has 10 saturated heterocycles. The monoisotopic (exact) mass is 1790 g/mol. The average molecular weight is 1790 g/mol. The highest BCUT2D eigenvalue weighted by Gasteiger charge is 2.44. The molecule has 5 aliphatic carbocycles. The van der Waals surface area contributed by atoms with Gasteiger partial charge in [0.1, 0.15) is 74.7 Å². The van der Waals surface area contributed by atoms with Gasteiger partial charge in [-0.2, -0.15) is 0 Å². The van der Waals surface area contributed by atoms with Crippen LogP contribution < -0.4 is 26.6 Å². The van der Waals surface area contributed by atoms with E-state index in [0.717, 1.165) is 195 Å². The third-order valence-electron chi connectivity index (χ3n) is 30.0. The van der Waals surface area contributed by atoms with Crippen molar-refractivity contribution in [2.45, 2.75) is 367 Å². The molecule has 20 nitrogen and oxygen atoms in total. The summed E-state index contributed by atoms with van der Waals surface area (Å²) in [6, 6.07) is 32.7. The van der Waals surface area contributed by atoms with E-state index in [4.69, 9.17) is 57.9 Å². The molecular formula is C103H120ClF5N10O10. The molecule has 129 heavy (non-hydrogen) atoms. The maximum Gasteiger partial charge on any atom is 0.159 e. The highest BCUT2D eigenvalue weighted by Crippen LogP contribution is 2.52. The van der Waals surface area contributed by atoms with Gasteiger partial charge in [-0.05, 0) is 279 Å². The van der Waals surface area contributed by atoms with Crippen LogP contribution in [-0.2, 0) is 56.7 Å². The number of halogens is 6. The largest absolute Gasteiger partial charge is 0.373 e. The van der Waals surface area contributed by atoms with Crippen LogP contribution in [0.1, 0.15) is 296 Å². The molecule has 15 heterocycles. The second kappa shape index (κ2) is 38.3. The van der Waals surface area contributed by atoms with Crippen molar-refractivity contribution in [2.24, 2.45) is 0 Å². The Morgan fingerprint density at radius 3 is 0.868 bits per heavy atom. The molecule has 5 aromatic heterocycles. The molecule has 10 aromatic rings. The molecule has 10 bridgehead atoms. The van der Waals surface area contributed by atoms with E-state index >= 15 is 0 Å². The summed E-state index contributed by atoms with van der Waals surface area (Å²) >= 11 is 6.27. The topological polar surface area (TPSA) is 236 Å². The molecule has 0 amide bonds. The molecule has 5 saturated carbocycles. The van der Waals surface area contributed by atoms with Gasteiger partial charge in [0.05, 0.1) is 74.1 Å². The van der Waals surface area contributed by atoms with Gasteiger partial charge in [0.2, 0.25) is 0 Å². The van der Waals surface area contributed by atoms with Gasteiger partial charge in [0.25, 0.3) is 0 Å². The second-order valence-corrected chi connectivity index (χ2v) is 40.3. The number of aromatic nitrogens is 5. The Kier molecular flexibility index (Phi) is 26.0. The Labute approximate surface area is 755 Å². The Hall–Kier alpha value is -8.31. The number of rotatable bonds is 25. The van der Waals surface area contributed by atoms with Crippen molar-refractivity contribution in [3.63, 3.8) is 0 Å². The van der Waals surface area contributed by atoms with Crippen molar-refractivity contribution < 1.29 is 68.3 Å². The van der Waals surface area contributed by atoms with Crippen molar-refractivity contribution in [2.75, 3.05) is 0 Å². The first-order chi connectivity index (χ1) is 63.0. The SMILES string of the molecule is Cc1cccc(C)c1-c1noc(C2CC2)c1COC1CC2CC[C@@H](C1)N2.Cc1cccc(F)c1-c1noc(C2CC2)c1COC1CC2CC[C@@H](C1)N2.Fc1ccc(-c2noc(C3CC3)c2COC2CC3CC[C@@H](C2)N3)cc1F.Fc1cccc(-c2noc(C3CC3)c2COC2CC3CC[C@@H](C2)N3)c1.Fc1cccc(Cl)c1-c1noc(C2CC2)c1COC1CC2CC[C@@H](C1)N2. The van der Waals surface area contributed by atoms with Crippen LogP contribution in [-0.4, -0.2) is 117 Å². The van der Waals surface area contributed by atoms with E-state index in [2.05, 4.69) is 84.4 Å². The fourth-order valence-corrected chi connectivity index (χ4v) is 22.8.